The Hall–Kier alpha value is -3.73. The number of terminal acetylenes is 1. The fourth-order valence-corrected chi connectivity index (χ4v) is 4.19. The number of amides is 2. The van der Waals surface area contributed by atoms with Crippen LogP contribution in [0, 0.1) is 30.6 Å². The summed E-state index contributed by atoms with van der Waals surface area (Å²) in [7, 11) is 0. The first-order valence-electron chi connectivity index (χ1n) is 9.73. The molecule has 0 aliphatic carbocycles. The van der Waals surface area contributed by atoms with Crippen molar-refractivity contribution in [2.75, 3.05) is 6.61 Å². The molecule has 0 radical (unpaired) electrons. The molecule has 0 bridgehead atoms. The fourth-order valence-electron chi connectivity index (χ4n) is 3.90. The van der Waals surface area contributed by atoms with Gasteiger partial charge in [-0.15, -0.1) is 6.42 Å². The highest BCUT2D eigenvalue weighted by Crippen LogP contribution is 2.37. The van der Waals surface area contributed by atoms with Crippen molar-refractivity contribution >= 4 is 23.4 Å². The summed E-state index contributed by atoms with van der Waals surface area (Å²) in [6, 6.07) is 2.19. The van der Waals surface area contributed by atoms with Crippen molar-refractivity contribution < 1.29 is 23.1 Å². The monoisotopic (exact) mass is 473 g/mol. The summed E-state index contributed by atoms with van der Waals surface area (Å²) in [4.78, 5) is 43.6. The molecule has 1 aromatic carbocycles. The highest BCUT2D eigenvalue weighted by Gasteiger charge is 2.61. The second kappa shape index (κ2) is 8.32. The molecule has 2 aliphatic rings. The van der Waals surface area contributed by atoms with Gasteiger partial charge >= 0.3 is 5.85 Å². The van der Waals surface area contributed by atoms with Crippen molar-refractivity contribution in [3.8, 4) is 18.9 Å². The summed E-state index contributed by atoms with van der Waals surface area (Å²) in [6.45, 7) is 5.27. The molecule has 2 aliphatic heterocycles. The van der Waals surface area contributed by atoms with Crippen LogP contribution in [-0.2, 0) is 17.8 Å². The lowest BCUT2D eigenvalue weighted by molar-refractivity contribution is -0.161. The Morgan fingerprint density at radius 3 is 2.82 bits per heavy atom. The molecule has 2 amide bonds. The quantitative estimate of drug-likeness (QED) is 0.693. The molecule has 1 aromatic heterocycles. The Balaban J connectivity index is 1.70. The van der Waals surface area contributed by atoms with Gasteiger partial charge in [0, 0.05) is 30.8 Å². The average molecular weight is 474 g/mol. The molecule has 1 fully saturated rings. The van der Waals surface area contributed by atoms with Crippen molar-refractivity contribution in [2.45, 2.75) is 31.4 Å². The number of carbonyl (C=O) groups excluding carboxylic acids is 2. The maximum Gasteiger partial charge on any atom is 0.489 e. The number of hydrogen-bond donors (Lipinski definition) is 1. The number of aromatic nitrogens is 1. The number of benzene rings is 1. The number of pyridine rings is 1. The van der Waals surface area contributed by atoms with Crippen molar-refractivity contribution in [2.24, 2.45) is 0 Å². The van der Waals surface area contributed by atoms with Gasteiger partial charge in [-0.3, -0.25) is 19.1 Å². The zero-order chi connectivity index (χ0) is 23.9. The fraction of sp³-hybridized carbons (Fsp3) is 0.273. The van der Waals surface area contributed by atoms with E-state index in [1.54, 1.807) is 0 Å². The number of halogens is 3. The van der Waals surface area contributed by atoms with E-state index in [9.17, 15) is 23.2 Å². The van der Waals surface area contributed by atoms with Crippen LogP contribution >= 0.6 is 11.6 Å². The zero-order valence-corrected chi connectivity index (χ0v) is 17.7. The van der Waals surface area contributed by atoms with E-state index >= 15 is 0 Å². The molecule has 3 heterocycles. The van der Waals surface area contributed by atoms with Gasteiger partial charge in [0.15, 0.2) is 6.54 Å². The predicted molar refractivity (Wildman–Crippen MR) is 114 cm³/mol. The molecule has 0 spiro atoms. The molecule has 4 rings (SSSR count). The van der Waals surface area contributed by atoms with E-state index < -0.39 is 51.4 Å². The van der Waals surface area contributed by atoms with E-state index in [2.05, 4.69) is 16.1 Å². The highest BCUT2D eigenvalue weighted by atomic mass is 35.5. The van der Waals surface area contributed by atoms with Gasteiger partial charge in [0.05, 0.1) is 6.61 Å². The first-order valence-corrected chi connectivity index (χ1v) is 10.1. The Morgan fingerprint density at radius 1 is 1.39 bits per heavy atom. The first kappa shape index (κ1) is 22.5. The molecular weight excluding hydrogens is 458 g/mol. The van der Waals surface area contributed by atoms with Gasteiger partial charge in [0.1, 0.15) is 34.0 Å². The van der Waals surface area contributed by atoms with Crippen LogP contribution in [0.5, 0.6) is 0 Å². The van der Waals surface area contributed by atoms with Gasteiger partial charge in [-0.1, -0.05) is 23.6 Å². The number of nitrogens with zero attached hydrogens (tertiary/aromatic N) is 3. The zero-order valence-electron chi connectivity index (χ0n) is 17.0. The van der Waals surface area contributed by atoms with E-state index in [0.717, 1.165) is 17.2 Å². The maximum absolute atomic E-state index is 13.8. The molecule has 168 valence electrons. The van der Waals surface area contributed by atoms with E-state index in [1.165, 1.54) is 10.6 Å². The SMILES string of the molecule is C#C[C@@H]1CCO[C@@]2([N+]#C)Cn3cc(C(=O)NCc4ccc(F)cc4F)c(=O)c(Cl)c3C(=O)N12. The third-order valence-electron chi connectivity index (χ3n) is 5.53. The number of ether oxygens (including phenoxy) is 1. The Bertz CT molecular complexity index is 1330. The van der Waals surface area contributed by atoms with Gasteiger partial charge in [-0.25, -0.2) is 13.7 Å². The third kappa shape index (κ3) is 3.63. The summed E-state index contributed by atoms with van der Waals surface area (Å²) in [5, 5.41) is 1.89. The van der Waals surface area contributed by atoms with Gasteiger partial charge in [-0.05, 0) is 10.9 Å². The second-order valence-electron chi connectivity index (χ2n) is 7.45. The van der Waals surface area contributed by atoms with Crippen LogP contribution in [0.3, 0.4) is 0 Å². The van der Waals surface area contributed by atoms with Crippen LogP contribution in [0.1, 0.15) is 32.8 Å². The summed E-state index contributed by atoms with van der Waals surface area (Å²) in [6.07, 6.45) is 7.02. The molecule has 2 atom stereocenters. The first-order chi connectivity index (χ1) is 15.7. The molecular formula is C22H16ClF2N4O4+. The molecule has 8 nitrogen and oxygen atoms in total. The van der Waals surface area contributed by atoms with Crippen molar-refractivity contribution in [1.82, 2.24) is 14.8 Å². The largest absolute Gasteiger partial charge is 0.489 e. The van der Waals surface area contributed by atoms with Crippen LogP contribution in [0.15, 0.2) is 29.2 Å². The number of hydrogen-bond acceptors (Lipinski definition) is 4. The van der Waals surface area contributed by atoms with E-state index in [0.29, 0.717) is 12.5 Å². The Morgan fingerprint density at radius 2 is 2.15 bits per heavy atom. The minimum Gasteiger partial charge on any atom is -0.348 e. The highest BCUT2D eigenvalue weighted by molar-refractivity contribution is 6.34. The number of carbonyl (C=O) groups is 2. The van der Waals surface area contributed by atoms with Gasteiger partial charge in [-0.2, -0.15) is 0 Å². The third-order valence-corrected chi connectivity index (χ3v) is 5.88. The normalized spacial score (nSPS) is 21.4. The number of fused-ring (bicyclic) bond motifs is 2. The van der Waals surface area contributed by atoms with Crippen LogP contribution in [0.2, 0.25) is 5.02 Å². The van der Waals surface area contributed by atoms with Crippen LogP contribution in [0.4, 0.5) is 8.78 Å². The second-order valence-corrected chi connectivity index (χ2v) is 7.83. The summed E-state index contributed by atoms with van der Waals surface area (Å²) >= 11 is 6.21. The minimum atomic E-state index is -1.64. The smallest absolute Gasteiger partial charge is 0.348 e. The van der Waals surface area contributed by atoms with Crippen molar-refractivity contribution in [1.29, 1.82) is 0 Å². The topological polar surface area (TPSA) is 85.0 Å². The lowest BCUT2D eigenvalue weighted by Crippen LogP contribution is -2.64. The lowest BCUT2D eigenvalue weighted by atomic mass is 10.0. The molecule has 0 unspecified atom stereocenters. The van der Waals surface area contributed by atoms with E-state index in [-0.39, 0.29) is 31.0 Å². The van der Waals surface area contributed by atoms with Crippen LogP contribution in [-0.4, -0.2) is 39.8 Å². The van der Waals surface area contributed by atoms with Crippen molar-refractivity contribution in [3.05, 3.63) is 72.9 Å². The minimum absolute atomic E-state index is 0.0107. The summed E-state index contributed by atoms with van der Waals surface area (Å²) in [5.74, 6) is -2.37. The predicted octanol–water partition coefficient (Wildman–Crippen LogP) is 2.20. The lowest BCUT2D eigenvalue weighted by Gasteiger charge is -2.42. The molecule has 2 aromatic rings. The standard InChI is InChI=1S/C22H15ClF2N4O4/c1-3-14-6-7-33-22(26-2)11-28-10-15(19(30)17(23)18(28)21(32)29(14)22)20(31)27-9-12-4-5-13(24)8-16(12)25/h1-2,4-5,8,10,14H,6-7,9,11H2/p+1/t14-,22-/m1/s1. The Labute approximate surface area is 191 Å². The van der Waals surface area contributed by atoms with Gasteiger partial charge < -0.3 is 9.88 Å². The Kier molecular flexibility index (Phi) is 5.66. The summed E-state index contributed by atoms with van der Waals surface area (Å²) < 4.78 is 33.9. The van der Waals surface area contributed by atoms with E-state index in [4.69, 9.17) is 29.3 Å². The maximum atomic E-state index is 13.8. The average Bonchev–Trinajstić information content (AvgIpc) is 2.79. The van der Waals surface area contributed by atoms with Gasteiger partial charge in [0.25, 0.3) is 18.4 Å². The molecule has 11 heteroatoms. The summed E-state index contributed by atoms with van der Waals surface area (Å²) in [5.41, 5.74) is -1.48. The molecule has 1 saturated heterocycles. The van der Waals surface area contributed by atoms with Crippen LogP contribution < -0.4 is 10.7 Å². The molecule has 0 saturated carbocycles. The number of nitrogens with one attached hydrogen (secondary N) is 1. The van der Waals surface area contributed by atoms with E-state index in [1.807, 2.05) is 0 Å². The van der Waals surface area contributed by atoms with Crippen LogP contribution in [0.25, 0.3) is 4.85 Å². The molecule has 33 heavy (non-hydrogen) atoms. The molecule has 1 N–H and O–H groups in total. The number of rotatable bonds is 3. The van der Waals surface area contributed by atoms with Crippen molar-refractivity contribution in [3.63, 3.8) is 0 Å². The van der Waals surface area contributed by atoms with Gasteiger partial charge in [0.2, 0.25) is 5.43 Å².